The van der Waals surface area contributed by atoms with Crippen molar-refractivity contribution in [2.24, 2.45) is 0 Å². The minimum Gasteiger partial charge on any atom is -0.379 e. The first-order valence-corrected chi connectivity index (χ1v) is 10.8. The van der Waals surface area contributed by atoms with Gasteiger partial charge in [-0.3, -0.25) is 4.79 Å². The number of hydrogen-bond acceptors (Lipinski definition) is 4. The van der Waals surface area contributed by atoms with Crippen molar-refractivity contribution in [3.05, 3.63) is 86.9 Å². The van der Waals surface area contributed by atoms with Gasteiger partial charge in [0.1, 0.15) is 10.6 Å². The maximum Gasteiger partial charge on any atom is 0.340 e. The number of benzene rings is 3. The van der Waals surface area contributed by atoms with E-state index in [-0.39, 0.29) is 31.6 Å². The van der Waals surface area contributed by atoms with E-state index in [1.54, 1.807) is 24.3 Å². The van der Waals surface area contributed by atoms with E-state index >= 15 is 0 Å². The smallest absolute Gasteiger partial charge is 0.340 e. The standard InChI is InChI=1S/C20H14Cl3NO4S/c1-12-5-7-13(8-6-12)20(25)24-14-3-2-4-15(9-14)28-29(26,27)19-11-17(22)16(21)10-18(19)23/h2-11H,1H3,(H,24,25). The molecular formula is C20H14Cl3NO4S. The lowest BCUT2D eigenvalue weighted by molar-refractivity contribution is 0.102. The monoisotopic (exact) mass is 469 g/mol. The number of carbonyl (C=O) groups is 1. The van der Waals surface area contributed by atoms with Crippen molar-refractivity contribution >= 4 is 56.5 Å². The number of anilines is 1. The van der Waals surface area contributed by atoms with Gasteiger partial charge in [-0.1, -0.05) is 58.6 Å². The molecule has 0 aromatic heterocycles. The average Bonchev–Trinajstić information content (AvgIpc) is 2.65. The minimum atomic E-state index is -4.27. The number of rotatable bonds is 5. The summed E-state index contributed by atoms with van der Waals surface area (Å²) in [4.78, 5) is 12.0. The van der Waals surface area contributed by atoms with E-state index in [4.69, 9.17) is 39.0 Å². The van der Waals surface area contributed by atoms with Crippen molar-refractivity contribution in [2.75, 3.05) is 5.32 Å². The van der Waals surface area contributed by atoms with Crippen LogP contribution in [0.5, 0.6) is 5.75 Å². The molecule has 0 saturated heterocycles. The van der Waals surface area contributed by atoms with Gasteiger partial charge >= 0.3 is 10.1 Å². The van der Waals surface area contributed by atoms with Crippen LogP contribution in [0.25, 0.3) is 0 Å². The quantitative estimate of drug-likeness (QED) is 0.368. The molecular weight excluding hydrogens is 457 g/mol. The van der Waals surface area contributed by atoms with Crippen LogP contribution in [0.2, 0.25) is 15.1 Å². The number of amides is 1. The van der Waals surface area contributed by atoms with Gasteiger partial charge in [0, 0.05) is 17.3 Å². The zero-order valence-corrected chi connectivity index (χ0v) is 18.0. The van der Waals surface area contributed by atoms with E-state index in [0.29, 0.717) is 11.3 Å². The summed E-state index contributed by atoms with van der Waals surface area (Å²) in [5, 5.41) is 2.72. The summed E-state index contributed by atoms with van der Waals surface area (Å²) in [6, 6.07) is 15.3. The van der Waals surface area contributed by atoms with Gasteiger partial charge in [-0.05, 0) is 43.3 Å². The fraction of sp³-hybridized carbons (Fsp3) is 0.0500. The Morgan fingerprint density at radius 3 is 2.24 bits per heavy atom. The highest BCUT2D eigenvalue weighted by Crippen LogP contribution is 2.33. The number of halogens is 3. The van der Waals surface area contributed by atoms with Gasteiger partial charge in [-0.15, -0.1) is 0 Å². The average molecular weight is 471 g/mol. The molecule has 3 aromatic rings. The normalized spacial score (nSPS) is 11.2. The van der Waals surface area contributed by atoms with Gasteiger partial charge in [0.05, 0.1) is 15.1 Å². The summed E-state index contributed by atoms with van der Waals surface area (Å²) in [5.41, 5.74) is 1.86. The molecule has 3 rings (SSSR count). The summed E-state index contributed by atoms with van der Waals surface area (Å²) in [5.74, 6) is -0.341. The molecule has 150 valence electrons. The maximum atomic E-state index is 12.6. The molecule has 0 bridgehead atoms. The molecule has 0 aliphatic rings. The second-order valence-electron chi connectivity index (χ2n) is 6.08. The van der Waals surface area contributed by atoms with Gasteiger partial charge in [-0.2, -0.15) is 8.42 Å². The lowest BCUT2D eigenvalue weighted by Gasteiger charge is -2.11. The fourth-order valence-electron chi connectivity index (χ4n) is 2.40. The van der Waals surface area contributed by atoms with E-state index in [9.17, 15) is 13.2 Å². The first-order chi connectivity index (χ1) is 13.7. The van der Waals surface area contributed by atoms with E-state index in [1.807, 2.05) is 19.1 Å². The summed E-state index contributed by atoms with van der Waals surface area (Å²) >= 11 is 17.7. The van der Waals surface area contributed by atoms with E-state index < -0.39 is 10.1 Å². The van der Waals surface area contributed by atoms with Gasteiger partial charge in [0.15, 0.2) is 0 Å². The van der Waals surface area contributed by atoms with Crippen molar-refractivity contribution in [1.82, 2.24) is 0 Å². The molecule has 0 fully saturated rings. The Balaban J connectivity index is 1.81. The van der Waals surface area contributed by atoms with E-state index in [1.165, 1.54) is 18.2 Å². The molecule has 0 unspecified atom stereocenters. The summed E-state index contributed by atoms with van der Waals surface area (Å²) in [7, 11) is -4.27. The van der Waals surface area contributed by atoms with Crippen LogP contribution in [0.1, 0.15) is 15.9 Å². The Hall–Kier alpha value is -2.25. The summed E-state index contributed by atoms with van der Waals surface area (Å²) < 4.78 is 30.3. The van der Waals surface area contributed by atoms with Crippen LogP contribution < -0.4 is 9.50 Å². The van der Waals surface area contributed by atoms with Crippen LogP contribution in [-0.4, -0.2) is 14.3 Å². The molecule has 5 nitrogen and oxygen atoms in total. The molecule has 0 spiro atoms. The molecule has 1 amide bonds. The van der Waals surface area contributed by atoms with E-state index in [0.717, 1.165) is 11.6 Å². The molecule has 0 aliphatic heterocycles. The molecule has 0 atom stereocenters. The molecule has 1 N–H and O–H groups in total. The first kappa shape index (κ1) is 21.5. The van der Waals surface area contributed by atoms with Crippen molar-refractivity contribution < 1.29 is 17.4 Å². The fourth-order valence-corrected chi connectivity index (χ4v) is 4.30. The van der Waals surface area contributed by atoms with Gasteiger partial charge < -0.3 is 9.50 Å². The van der Waals surface area contributed by atoms with Crippen molar-refractivity contribution in [3.8, 4) is 5.75 Å². The molecule has 0 radical (unpaired) electrons. The van der Waals surface area contributed by atoms with Crippen LogP contribution in [-0.2, 0) is 10.1 Å². The summed E-state index contributed by atoms with van der Waals surface area (Å²) in [6.07, 6.45) is 0. The highest BCUT2D eigenvalue weighted by atomic mass is 35.5. The lowest BCUT2D eigenvalue weighted by atomic mass is 10.1. The topological polar surface area (TPSA) is 72.5 Å². The van der Waals surface area contributed by atoms with Crippen molar-refractivity contribution in [2.45, 2.75) is 11.8 Å². The third kappa shape index (κ3) is 5.22. The van der Waals surface area contributed by atoms with Crippen LogP contribution in [0.3, 0.4) is 0 Å². The molecule has 0 aliphatic carbocycles. The van der Waals surface area contributed by atoms with Crippen molar-refractivity contribution in [3.63, 3.8) is 0 Å². The largest absolute Gasteiger partial charge is 0.379 e. The van der Waals surface area contributed by atoms with Crippen LogP contribution in [0.15, 0.2) is 65.6 Å². The highest BCUT2D eigenvalue weighted by Gasteiger charge is 2.22. The number of carbonyl (C=O) groups excluding carboxylic acids is 1. The number of aryl methyl sites for hydroxylation is 1. The Bertz CT molecular complexity index is 1180. The van der Waals surface area contributed by atoms with E-state index in [2.05, 4.69) is 5.32 Å². The molecule has 9 heteroatoms. The Labute approximate surface area is 183 Å². The molecule has 29 heavy (non-hydrogen) atoms. The molecule has 3 aromatic carbocycles. The summed E-state index contributed by atoms with van der Waals surface area (Å²) in [6.45, 7) is 1.92. The number of nitrogens with one attached hydrogen (secondary N) is 1. The van der Waals surface area contributed by atoms with Crippen LogP contribution in [0.4, 0.5) is 5.69 Å². The lowest BCUT2D eigenvalue weighted by Crippen LogP contribution is -2.13. The predicted molar refractivity (Wildman–Crippen MR) is 115 cm³/mol. The van der Waals surface area contributed by atoms with Crippen LogP contribution >= 0.6 is 34.8 Å². The second-order valence-corrected chi connectivity index (χ2v) is 8.82. The van der Waals surface area contributed by atoms with Crippen molar-refractivity contribution in [1.29, 1.82) is 0 Å². The zero-order chi connectivity index (χ0) is 21.2. The molecule has 0 saturated carbocycles. The first-order valence-electron chi connectivity index (χ1n) is 8.23. The third-order valence-corrected chi connectivity index (χ3v) is 6.29. The molecule has 0 heterocycles. The Morgan fingerprint density at radius 2 is 1.55 bits per heavy atom. The van der Waals surface area contributed by atoms with Gasteiger partial charge in [-0.25, -0.2) is 0 Å². The van der Waals surface area contributed by atoms with Crippen LogP contribution in [0, 0.1) is 6.92 Å². The maximum absolute atomic E-state index is 12.6. The number of hydrogen-bond donors (Lipinski definition) is 1. The second kappa shape index (κ2) is 8.63. The van der Waals surface area contributed by atoms with Gasteiger partial charge in [0.25, 0.3) is 5.91 Å². The van der Waals surface area contributed by atoms with Gasteiger partial charge in [0.2, 0.25) is 0 Å². The predicted octanol–water partition coefficient (Wildman–Crippen LogP) is 5.98. The zero-order valence-electron chi connectivity index (χ0n) is 14.9. The minimum absolute atomic E-state index is 0.00570. The Kier molecular flexibility index (Phi) is 6.39. The third-order valence-electron chi connectivity index (χ3n) is 3.86. The highest BCUT2D eigenvalue weighted by molar-refractivity contribution is 7.87. The SMILES string of the molecule is Cc1ccc(C(=O)Nc2cccc(OS(=O)(=O)c3cc(Cl)c(Cl)cc3Cl)c2)cc1. The Morgan fingerprint density at radius 1 is 0.897 bits per heavy atom.